The van der Waals surface area contributed by atoms with Gasteiger partial charge in [0.05, 0.1) is 12.8 Å². The molecule has 1 heterocycles. The zero-order chi connectivity index (χ0) is 14.4. The van der Waals surface area contributed by atoms with E-state index in [1.807, 2.05) is 42.6 Å². The van der Waals surface area contributed by atoms with Gasteiger partial charge in [-0.2, -0.15) is 5.10 Å². The third-order valence-corrected chi connectivity index (χ3v) is 4.07. The van der Waals surface area contributed by atoms with Crippen molar-refractivity contribution in [3.05, 3.63) is 50.6 Å². The quantitative estimate of drug-likeness (QED) is 0.640. The van der Waals surface area contributed by atoms with Crippen molar-refractivity contribution in [1.82, 2.24) is 5.43 Å². The van der Waals surface area contributed by atoms with Crippen LogP contribution in [0, 0.1) is 6.92 Å². The lowest BCUT2D eigenvalue weighted by Crippen LogP contribution is -2.25. The lowest BCUT2D eigenvalue weighted by Gasteiger charge is -2.05. The van der Waals surface area contributed by atoms with Crippen molar-refractivity contribution in [1.29, 1.82) is 0 Å². The van der Waals surface area contributed by atoms with E-state index in [1.165, 1.54) is 0 Å². The van der Waals surface area contributed by atoms with Gasteiger partial charge in [0.15, 0.2) is 0 Å². The maximum atomic E-state index is 11.6. The first-order valence-electron chi connectivity index (χ1n) is 6.00. The fraction of sp³-hybridized carbons (Fsp3) is 0.143. The Hall–Kier alpha value is -1.66. The molecular weight excluding hydrogens is 338 g/mol. The fourth-order valence-electron chi connectivity index (χ4n) is 1.54. The van der Waals surface area contributed by atoms with E-state index in [2.05, 4.69) is 31.8 Å². The summed E-state index contributed by atoms with van der Waals surface area (Å²) in [6.07, 6.45) is 1.62. The van der Waals surface area contributed by atoms with Gasteiger partial charge in [-0.25, -0.2) is 5.43 Å². The molecule has 104 valence electrons. The first-order chi connectivity index (χ1) is 9.63. The van der Waals surface area contributed by atoms with E-state index < -0.39 is 0 Å². The summed E-state index contributed by atoms with van der Waals surface area (Å²) in [5.41, 5.74) is 4.56. The minimum absolute atomic E-state index is 0.182. The Balaban J connectivity index is 1.77. The summed E-state index contributed by atoms with van der Waals surface area (Å²) in [6, 6.07) is 9.80. The number of nitrogens with one attached hydrogen (secondary N) is 2. The van der Waals surface area contributed by atoms with Crippen LogP contribution in [0.1, 0.15) is 10.4 Å². The molecule has 2 N–H and O–H groups in total. The molecule has 0 aliphatic heterocycles. The molecule has 1 aromatic heterocycles. The van der Waals surface area contributed by atoms with E-state index in [4.69, 9.17) is 0 Å². The Morgan fingerprint density at radius 1 is 1.45 bits per heavy atom. The second-order valence-corrected chi connectivity index (χ2v) is 6.04. The molecule has 1 aromatic carbocycles. The lowest BCUT2D eigenvalue weighted by atomic mass is 10.2. The van der Waals surface area contributed by atoms with Crippen LogP contribution in [0.5, 0.6) is 0 Å². The fourth-order valence-corrected chi connectivity index (χ4v) is 2.84. The monoisotopic (exact) mass is 351 g/mol. The van der Waals surface area contributed by atoms with Gasteiger partial charge in [0.25, 0.3) is 5.91 Å². The number of carbonyl (C=O) groups excluding carboxylic acids is 1. The molecule has 0 aliphatic carbocycles. The summed E-state index contributed by atoms with van der Waals surface area (Å²) in [4.78, 5) is 12.6. The molecule has 0 spiro atoms. The van der Waals surface area contributed by atoms with Crippen LogP contribution in [0.3, 0.4) is 0 Å². The highest BCUT2D eigenvalue weighted by molar-refractivity contribution is 9.10. The minimum Gasteiger partial charge on any atom is -0.376 e. The van der Waals surface area contributed by atoms with Crippen LogP contribution in [0.2, 0.25) is 0 Å². The third kappa shape index (κ3) is 4.79. The number of carbonyl (C=O) groups is 1. The van der Waals surface area contributed by atoms with Crippen LogP contribution in [-0.4, -0.2) is 18.7 Å². The minimum atomic E-state index is -0.182. The summed E-state index contributed by atoms with van der Waals surface area (Å²) in [6.45, 7) is 2.20. The Morgan fingerprint density at radius 2 is 2.30 bits per heavy atom. The van der Waals surface area contributed by atoms with Crippen molar-refractivity contribution in [3.63, 3.8) is 0 Å². The standard InChI is InChI=1S/C14H14BrN3OS/c1-10-3-2-4-12(5-10)16-8-14(19)18-17-7-13-6-11(15)9-20-13/h2-7,9,16H,8H2,1H3,(H,18,19)/b17-7-. The average molecular weight is 352 g/mol. The molecule has 0 saturated heterocycles. The van der Waals surface area contributed by atoms with Gasteiger partial charge in [-0.1, -0.05) is 12.1 Å². The zero-order valence-electron chi connectivity index (χ0n) is 10.9. The van der Waals surface area contributed by atoms with E-state index >= 15 is 0 Å². The van der Waals surface area contributed by atoms with Gasteiger partial charge in [-0.3, -0.25) is 4.79 Å². The smallest absolute Gasteiger partial charge is 0.259 e. The van der Waals surface area contributed by atoms with Crippen molar-refractivity contribution in [2.24, 2.45) is 5.10 Å². The Labute approximate surface area is 130 Å². The maximum Gasteiger partial charge on any atom is 0.259 e. The summed E-state index contributed by atoms with van der Waals surface area (Å²) in [5.74, 6) is -0.182. The molecule has 6 heteroatoms. The van der Waals surface area contributed by atoms with Crippen molar-refractivity contribution in [2.45, 2.75) is 6.92 Å². The Kier molecular flexibility index (Phi) is 5.31. The number of benzene rings is 1. The summed E-state index contributed by atoms with van der Waals surface area (Å²) in [5, 5.41) is 8.92. The predicted molar refractivity (Wildman–Crippen MR) is 87.4 cm³/mol. The molecule has 4 nitrogen and oxygen atoms in total. The number of rotatable bonds is 5. The van der Waals surface area contributed by atoms with Crippen LogP contribution in [0.25, 0.3) is 0 Å². The summed E-state index contributed by atoms with van der Waals surface area (Å²) < 4.78 is 1.01. The van der Waals surface area contributed by atoms with Gasteiger partial charge in [0.2, 0.25) is 0 Å². The number of nitrogens with zero attached hydrogens (tertiary/aromatic N) is 1. The largest absolute Gasteiger partial charge is 0.376 e. The maximum absolute atomic E-state index is 11.6. The molecule has 0 saturated carbocycles. The molecule has 20 heavy (non-hydrogen) atoms. The zero-order valence-corrected chi connectivity index (χ0v) is 13.3. The van der Waals surface area contributed by atoms with Crippen LogP contribution in [0.4, 0.5) is 5.69 Å². The van der Waals surface area contributed by atoms with E-state index in [9.17, 15) is 4.79 Å². The second-order valence-electron chi connectivity index (χ2n) is 4.18. The number of thiophene rings is 1. The molecule has 0 atom stereocenters. The highest BCUT2D eigenvalue weighted by Gasteiger charge is 1.99. The Bertz CT molecular complexity index is 624. The number of aryl methyl sites for hydroxylation is 1. The van der Waals surface area contributed by atoms with E-state index in [1.54, 1.807) is 17.6 Å². The number of hydrogen-bond donors (Lipinski definition) is 2. The van der Waals surface area contributed by atoms with Gasteiger partial charge >= 0.3 is 0 Å². The number of hydrazone groups is 1. The molecule has 2 aromatic rings. The van der Waals surface area contributed by atoms with E-state index in [-0.39, 0.29) is 12.5 Å². The average Bonchev–Trinajstić information content (AvgIpc) is 2.82. The number of hydrogen-bond acceptors (Lipinski definition) is 4. The van der Waals surface area contributed by atoms with E-state index in [0.29, 0.717) is 0 Å². The lowest BCUT2D eigenvalue weighted by molar-refractivity contribution is -0.119. The molecular formula is C14H14BrN3OS. The third-order valence-electron chi connectivity index (χ3n) is 2.44. The Morgan fingerprint density at radius 3 is 3.00 bits per heavy atom. The van der Waals surface area contributed by atoms with Crippen LogP contribution < -0.4 is 10.7 Å². The summed E-state index contributed by atoms with van der Waals surface area (Å²) >= 11 is 4.91. The number of amides is 1. The van der Waals surface area contributed by atoms with Gasteiger partial charge in [-0.05, 0) is 46.6 Å². The van der Waals surface area contributed by atoms with Crippen LogP contribution >= 0.6 is 27.3 Å². The van der Waals surface area contributed by atoms with Crippen molar-refractivity contribution in [3.8, 4) is 0 Å². The van der Waals surface area contributed by atoms with E-state index in [0.717, 1.165) is 20.6 Å². The highest BCUT2D eigenvalue weighted by Crippen LogP contribution is 2.17. The second kappa shape index (κ2) is 7.21. The highest BCUT2D eigenvalue weighted by atomic mass is 79.9. The van der Waals surface area contributed by atoms with Crippen molar-refractivity contribution < 1.29 is 4.79 Å². The molecule has 0 unspecified atom stereocenters. The number of halogens is 1. The predicted octanol–water partition coefficient (Wildman–Crippen LogP) is 3.38. The summed E-state index contributed by atoms with van der Waals surface area (Å²) in [7, 11) is 0. The normalized spacial score (nSPS) is 10.7. The van der Waals surface area contributed by atoms with Gasteiger partial charge < -0.3 is 5.32 Å². The van der Waals surface area contributed by atoms with Crippen molar-refractivity contribution in [2.75, 3.05) is 11.9 Å². The van der Waals surface area contributed by atoms with Gasteiger partial charge in [0.1, 0.15) is 0 Å². The molecule has 0 bridgehead atoms. The van der Waals surface area contributed by atoms with Gasteiger partial charge in [-0.15, -0.1) is 11.3 Å². The van der Waals surface area contributed by atoms with Gasteiger partial charge in [0, 0.05) is 20.4 Å². The molecule has 0 aliphatic rings. The SMILES string of the molecule is Cc1cccc(NCC(=O)N/N=C\c2cc(Br)cs2)c1. The molecule has 1 amide bonds. The van der Waals surface area contributed by atoms with Crippen molar-refractivity contribution >= 4 is 45.1 Å². The molecule has 2 rings (SSSR count). The first kappa shape index (κ1) is 14.7. The van der Waals surface area contributed by atoms with Crippen LogP contribution in [0.15, 0.2) is 45.3 Å². The molecule has 0 fully saturated rings. The topological polar surface area (TPSA) is 53.5 Å². The van der Waals surface area contributed by atoms with Crippen LogP contribution in [-0.2, 0) is 4.79 Å². The number of anilines is 1. The molecule has 0 radical (unpaired) electrons. The first-order valence-corrected chi connectivity index (χ1v) is 7.67.